The van der Waals surface area contributed by atoms with Gasteiger partial charge in [0.1, 0.15) is 5.75 Å². The van der Waals surface area contributed by atoms with Gasteiger partial charge in [0.15, 0.2) is 17.4 Å². The van der Waals surface area contributed by atoms with Crippen molar-refractivity contribution in [1.29, 1.82) is 0 Å². The van der Waals surface area contributed by atoms with E-state index in [0.29, 0.717) is 24.5 Å². The molecule has 2 heterocycles. The van der Waals surface area contributed by atoms with Gasteiger partial charge in [-0.25, -0.2) is 14.4 Å². The van der Waals surface area contributed by atoms with Crippen molar-refractivity contribution >= 4 is 17.4 Å². The van der Waals surface area contributed by atoms with E-state index >= 15 is 0 Å². The van der Waals surface area contributed by atoms with E-state index in [1.54, 1.807) is 12.1 Å². The van der Waals surface area contributed by atoms with E-state index in [-0.39, 0.29) is 16.8 Å². The van der Waals surface area contributed by atoms with Crippen LogP contribution in [0, 0.1) is 5.82 Å². The SMILES string of the molecule is N[C@H]1Cc2cc(Oc3cccc(Cl)c3F)cnc2N(O)C1. The zero-order chi connectivity index (χ0) is 15.0. The number of benzene rings is 1. The fourth-order valence-electron chi connectivity index (χ4n) is 2.27. The average Bonchev–Trinajstić information content (AvgIpc) is 2.43. The van der Waals surface area contributed by atoms with Gasteiger partial charge in [0.2, 0.25) is 0 Å². The van der Waals surface area contributed by atoms with E-state index in [1.165, 1.54) is 18.3 Å². The number of hydroxylamine groups is 1. The normalized spacial score (nSPS) is 17.5. The quantitative estimate of drug-likeness (QED) is 0.892. The molecule has 1 aromatic carbocycles. The Labute approximate surface area is 125 Å². The number of ether oxygens (including phenoxy) is 1. The summed E-state index contributed by atoms with van der Waals surface area (Å²) in [7, 11) is 0. The monoisotopic (exact) mass is 309 g/mol. The van der Waals surface area contributed by atoms with Crippen molar-refractivity contribution in [1.82, 2.24) is 4.98 Å². The second-order valence-electron chi connectivity index (χ2n) is 4.85. The molecule has 110 valence electrons. The standard InChI is InChI=1S/C14H13ClFN3O2/c15-11-2-1-3-12(13(11)16)21-10-5-8-4-9(17)7-19(20)14(8)18-6-10/h1-3,5-6,9,20H,4,7,17H2/t9-/m0/s1. The predicted octanol–water partition coefficient (Wildman–Crippen LogP) is 2.75. The summed E-state index contributed by atoms with van der Waals surface area (Å²) in [5.74, 6) is 0.190. The molecule has 0 saturated heterocycles. The first-order valence-electron chi connectivity index (χ1n) is 6.37. The first-order chi connectivity index (χ1) is 10.0. The first-order valence-corrected chi connectivity index (χ1v) is 6.75. The Kier molecular flexibility index (Phi) is 3.67. The van der Waals surface area contributed by atoms with Crippen molar-refractivity contribution < 1.29 is 14.3 Å². The van der Waals surface area contributed by atoms with Crippen LogP contribution >= 0.6 is 11.6 Å². The van der Waals surface area contributed by atoms with Crippen LogP contribution in [0.25, 0.3) is 0 Å². The molecule has 0 amide bonds. The Balaban J connectivity index is 1.91. The van der Waals surface area contributed by atoms with Crippen LogP contribution < -0.4 is 15.5 Å². The fraction of sp³-hybridized carbons (Fsp3) is 0.214. The summed E-state index contributed by atoms with van der Waals surface area (Å²) >= 11 is 5.71. The first kappa shape index (κ1) is 14.1. The van der Waals surface area contributed by atoms with Gasteiger partial charge in [0, 0.05) is 11.6 Å². The predicted molar refractivity (Wildman–Crippen MR) is 76.5 cm³/mol. The molecule has 0 saturated carbocycles. The van der Waals surface area contributed by atoms with Crippen molar-refractivity contribution in [2.75, 3.05) is 11.6 Å². The van der Waals surface area contributed by atoms with E-state index in [0.717, 1.165) is 10.6 Å². The second-order valence-corrected chi connectivity index (χ2v) is 5.26. The number of nitrogens with two attached hydrogens (primary N) is 1. The number of nitrogens with zero attached hydrogens (tertiary/aromatic N) is 2. The highest BCUT2D eigenvalue weighted by atomic mass is 35.5. The Morgan fingerprint density at radius 1 is 1.48 bits per heavy atom. The van der Waals surface area contributed by atoms with Gasteiger partial charge in [-0.2, -0.15) is 0 Å². The Morgan fingerprint density at radius 2 is 2.29 bits per heavy atom. The van der Waals surface area contributed by atoms with E-state index in [4.69, 9.17) is 22.1 Å². The lowest BCUT2D eigenvalue weighted by atomic mass is 10.0. The van der Waals surface area contributed by atoms with E-state index in [9.17, 15) is 9.60 Å². The molecule has 5 nitrogen and oxygen atoms in total. The molecule has 7 heteroatoms. The Bertz CT molecular complexity index is 683. The van der Waals surface area contributed by atoms with Crippen LogP contribution in [0.5, 0.6) is 11.5 Å². The third kappa shape index (κ3) is 2.78. The number of anilines is 1. The van der Waals surface area contributed by atoms with E-state index < -0.39 is 5.82 Å². The van der Waals surface area contributed by atoms with Crippen LogP contribution in [-0.2, 0) is 6.42 Å². The van der Waals surface area contributed by atoms with Crippen LogP contribution in [0.2, 0.25) is 5.02 Å². The van der Waals surface area contributed by atoms with Gasteiger partial charge in [-0.15, -0.1) is 0 Å². The number of aromatic nitrogens is 1. The number of fused-ring (bicyclic) bond motifs is 1. The van der Waals surface area contributed by atoms with E-state index in [2.05, 4.69) is 4.98 Å². The largest absolute Gasteiger partial charge is 0.453 e. The molecule has 1 aliphatic heterocycles. The fourth-order valence-corrected chi connectivity index (χ4v) is 2.43. The summed E-state index contributed by atoms with van der Waals surface area (Å²) < 4.78 is 19.3. The van der Waals surface area contributed by atoms with E-state index in [1.807, 2.05) is 0 Å². The topological polar surface area (TPSA) is 71.6 Å². The summed E-state index contributed by atoms with van der Waals surface area (Å²) in [5.41, 5.74) is 6.59. The molecule has 0 radical (unpaired) electrons. The number of hydrogen-bond donors (Lipinski definition) is 2. The van der Waals surface area contributed by atoms with Gasteiger partial charge in [-0.3, -0.25) is 5.21 Å². The molecule has 1 atom stereocenters. The van der Waals surface area contributed by atoms with Crippen molar-refractivity contribution in [2.24, 2.45) is 5.73 Å². The lowest BCUT2D eigenvalue weighted by Gasteiger charge is -2.28. The lowest BCUT2D eigenvalue weighted by molar-refractivity contribution is 0.234. The number of halogens is 2. The minimum Gasteiger partial charge on any atom is -0.453 e. The van der Waals surface area contributed by atoms with Crippen LogP contribution in [0.4, 0.5) is 10.2 Å². The highest BCUT2D eigenvalue weighted by Crippen LogP contribution is 2.31. The minimum atomic E-state index is -0.627. The molecule has 2 aromatic rings. The molecule has 1 aliphatic rings. The van der Waals surface area contributed by atoms with Gasteiger partial charge in [-0.05, 0) is 24.6 Å². The molecule has 0 unspecified atom stereocenters. The molecule has 3 rings (SSSR count). The molecule has 0 aliphatic carbocycles. The second kappa shape index (κ2) is 5.48. The van der Waals surface area contributed by atoms with Gasteiger partial charge in [0.05, 0.1) is 17.8 Å². The zero-order valence-electron chi connectivity index (χ0n) is 11.0. The van der Waals surface area contributed by atoms with Crippen LogP contribution in [0.1, 0.15) is 5.56 Å². The van der Waals surface area contributed by atoms with Crippen molar-refractivity contribution in [3.05, 3.63) is 46.9 Å². The number of pyridine rings is 1. The smallest absolute Gasteiger partial charge is 0.184 e. The van der Waals surface area contributed by atoms with Gasteiger partial charge >= 0.3 is 0 Å². The lowest BCUT2D eigenvalue weighted by Crippen LogP contribution is -2.42. The minimum absolute atomic E-state index is 0.0121. The molecule has 0 bridgehead atoms. The van der Waals surface area contributed by atoms with Gasteiger partial charge < -0.3 is 10.5 Å². The maximum absolute atomic E-state index is 13.8. The summed E-state index contributed by atoms with van der Waals surface area (Å²) in [6, 6.07) is 6.01. The van der Waals surface area contributed by atoms with Gasteiger partial charge in [-0.1, -0.05) is 17.7 Å². The molecule has 0 fully saturated rings. The molecule has 1 aromatic heterocycles. The van der Waals surface area contributed by atoms with Crippen molar-refractivity contribution in [2.45, 2.75) is 12.5 Å². The van der Waals surface area contributed by atoms with Crippen LogP contribution in [-0.4, -0.2) is 22.8 Å². The van der Waals surface area contributed by atoms with Crippen molar-refractivity contribution in [3.63, 3.8) is 0 Å². The maximum atomic E-state index is 13.8. The molecule has 21 heavy (non-hydrogen) atoms. The molecular weight excluding hydrogens is 297 g/mol. The van der Waals surface area contributed by atoms with Crippen molar-refractivity contribution in [3.8, 4) is 11.5 Å². The third-order valence-corrected chi connectivity index (χ3v) is 3.49. The highest BCUT2D eigenvalue weighted by molar-refractivity contribution is 6.30. The Hall–Kier alpha value is -1.89. The Morgan fingerprint density at radius 3 is 3.10 bits per heavy atom. The zero-order valence-corrected chi connectivity index (χ0v) is 11.7. The summed E-state index contributed by atoms with van der Waals surface area (Å²) in [4.78, 5) is 4.12. The maximum Gasteiger partial charge on any atom is 0.184 e. The summed E-state index contributed by atoms with van der Waals surface area (Å²) in [6.07, 6.45) is 1.98. The summed E-state index contributed by atoms with van der Waals surface area (Å²) in [5, 5.41) is 10.8. The van der Waals surface area contributed by atoms with Crippen LogP contribution in [0.3, 0.4) is 0 Å². The molecular formula is C14H13ClFN3O2. The summed E-state index contributed by atoms with van der Waals surface area (Å²) in [6.45, 7) is 0.323. The van der Waals surface area contributed by atoms with Crippen LogP contribution in [0.15, 0.2) is 30.5 Å². The highest BCUT2D eigenvalue weighted by Gasteiger charge is 2.23. The molecule has 3 N–H and O–H groups in total. The van der Waals surface area contributed by atoms with Gasteiger partial charge in [0.25, 0.3) is 0 Å². The third-order valence-electron chi connectivity index (χ3n) is 3.20. The number of rotatable bonds is 2. The average molecular weight is 310 g/mol. The molecule has 0 spiro atoms. The number of hydrogen-bond acceptors (Lipinski definition) is 5.